The van der Waals surface area contributed by atoms with Crippen molar-refractivity contribution in [1.82, 2.24) is 0 Å². The summed E-state index contributed by atoms with van der Waals surface area (Å²) >= 11 is 0. The third kappa shape index (κ3) is 4.23. The van der Waals surface area contributed by atoms with Crippen LogP contribution in [-0.2, 0) is 9.84 Å². The van der Waals surface area contributed by atoms with Gasteiger partial charge in [0.05, 0.1) is 29.5 Å². The predicted molar refractivity (Wildman–Crippen MR) is 81.8 cm³/mol. The fourth-order valence-electron chi connectivity index (χ4n) is 2.33. The molecule has 118 valence electrons. The van der Waals surface area contributed by atoms with Crippen LogP contribution in [0.4, 0.5) is 15.8 Å². The molecule has 0 aliphatic carbocycles. The molecule has 0 spiro atoms. The Bertz CT molecular complexity index is 604. The summed E-state index contributed by atoms with van der Waals surface area (Å²) in [6, 6.07) is 2.75. The first-order valence-electron chi connectivity index (χ1n) is 7.07. The average molecular weight is 316 g/mol. The number of hydrogen-bond acceptors (Lipinski definition) is 5. The van der Waals surface area contributed by atoms with Gasteiger partial charge in [0.25, 0.3) is 0 Å². The molecule has 1 aromatic carbocycles. The number of sulfone groups is 1. The Hall–Kier alpha value is -1.50. The summed E-state index contributed by atoms with van der Waals surface area (Å²) in [7, 11) is -2.89. The molecule has 1 unspecified atom stereocenters. The molecule has 5 nitrogen and oxygen atoms in total. The lowest BCUT2D eigenvalue weighted by Crippen LogP contribution is -2.16. The van der Waals surface area contributed by atoms with Crippen molar-refractivity contribution in [1.29, 1.82) is 0 Å². The van der Waals surface area contributed by atoms with Crippen LogP contribution in [0.5, 0.6) is 5.75 Å². The maximum absolute atomic E-state index is 13.7. The molecule has 1 atom stereocenters. The number of nitrogen functional groups attached to an aromatic ring is 1. The molecule has 1 aromatic rings. The second kappa shape index (κ2) is 6.51. The number of ether oxygens (including phenoxy) is 1. The number of halogens is 1. The van der Waals surface area contributed by atoms with Gasteiger partial charge in [0.2, 0.25) is 0 Å². The van der Waals surface area contributed by atoms with Crippen molar-refractivity contribution in [3.05, 3.63) is 17.9 Å². The molecular formula is C14H21FN2O3S. The van der Waals surface area contributed by atoms with Crippen molar-refractivity contribution in [2.75, 3.05) is 35.7 Å². The highest BCUT2D eigenvalue weighted by molar-refractivity contribution is 7.91. The molecule has 7 heteroatoms. The van der Waals surface area contributed by atoms with E-state index in [1.807, 2.05) is 6.92 Å². The van der Waals surface area contributed by atoms with Crippen LogP contribution in [-0.4, -0.2) is 33.1 Å². The van der Waals surface area contributed by atoms with E-state index in [1.165, 1.54) is 12.1 Å². The second-order valence-electron chi connectivity index (χ2n) is 5.37. The van der Waals surface area contributed by atoms with Crippen LogP contribution >= 0.6 is 0 Å². The second-order valence-corrected chi connectivity index (χ2v) is 7.60. The molecule has 0 aromatic heterocycles. The third-order valence-electron chi connectivity index (χ3n) is 3.47. The van der Waals surface area contributed by atoms with E-state index in [2.05, 4.69) is 5.32 Å². The minimum atomic E-state index is -2.89. The van der Waals surface area contributed by atoms with Crippen LogP contribution in [0.25, 0.3) is 0 Å². The van der Waals surface area contributed by atoms with E-state index in [9.17, 15) is 12.8 Å². The van der Waals surface area contributed by atoms with E-state index in [0.717, 1.165) is 6.42 Å². The Morgan fingerprint density at radius 3 is 2.86 bits per heavy atom. The van der Waals surface area contributed by atoms with Crippen molar-refractivity contribution in [2.45, 2.75) is 19.8 Å². The van der Waals surface area contributed by atoms with Crippen molar-refractivity contribution >= 4 is 21.2 Å². The lowest BCUT2D eigenvalue weighted by molar-refractivity contribution is 0.301. The average Bonchev–Trinajstić information content (AvgIpc) is 2.76. The molecular weight excluding hydrogens is 295 g/mol. The van der Waals surface area contributed by atoms with Gasteiger partial charge in [-0.05, 0) is 18.8 Å². The van der Waals surface area contributed by atoms with E-state index in [-0.39, 0.29) is 28.9 Å². The molecule has 0 amide bonds. The summed E-state index contributed by atoms with van der Waals surface area (Å²) in [4.78, 5) is 0. The zero-order chi connectivity index (χ0) is 15.5. The Balaban J connectivity index is 2.02. The lowest BCUT2D eigenvalue weighted by Gasteiger charge is -2.15. The van der Waals surface area contributed by atoms with E-state index >= 15 is 0 Å². The molecule has 1 saturated heterocycles. The van der Waals surface area contributed by atoms with Crippen LogP contribution in [0, 0.1) is 11.7 Å². The Morgan fingerprint density at radius 2 is 2.24 bits per heavy atom. The highest BCUT2D eigenvalue weighted by Gasteiger charge is 2.27. The summed E-state index contributed by atoms with van der Waals surface area (Å²) < 4.78 is 41.8. The highest BCUT2D eigenvalue weighted by Crippen LogP contribution is 2.29. The van der Waals surface area contributed by atoms with Gasteiger partial charge in [0.1, 0.15) is 0 Å². The van der Waals surface area contributed by atoms with Gasteiger partial charge < -0.3 is 15.8 Å². The van der Waals surface area contributed by atoms with Crippen LogP contribution in [0.15, 0.2) is 12.1 Å². The number of anilines is 2. The van der Waals surface area contributed by atoms with Gasteiger partial charge in [-0.1, -0.05) is 6.92 Å². The van der Waals surface area contributed by atoms with Crippen molar-refractivity contribution in [3.63, 3.8) is 0 Å². The largest absolute Gasteiger partial charge is 0.490 e. The van der Waals surface area contributed by atoms with Crippen LogP contribution in [0.2, 0.25) is 0 Å². The minimum Gasteiger partial charge on any atom is -0.490 e. The minimum absolute atomic E-state index is 0.0689. The summed E-state index contributed by atoms with van der Waals surface area (Å²) in [6.07, 6.45) is 1.43. The first-order chi connectivity index (χ1) is 9.91. The van der Waals surface area contributed by atoms with Gasteiger partial charge in [-0.15, -0.1) is 0 Å². The maximum atomic E-state index is 13.7. The number of rotatable bonds is 6. The van der Waals surface area contributed by atoms with E-state index < -0.39 is 15.7 Å². The number of hydrogen-bond donors (Lipinski definition) is 2. The van der Waals surface area contributed by atoms with Gasteiger partial charge in [-0.2, -0.15) is 0 Å². The zero-order valence-corrected chi connectivity index (χ0v) is 12.9. The van der Waals surface area contributed by atoms with Crippen LogP contribution < -0.4 is 15.8 Å². The summed E-state index contributed by atoms with van der Waals surface area (Å²) in [5.74, 6) is 0.172. The van der Waals surface area contributed by atoms with Crippen LogP contribution in [0.1, 0.15) is 19.8 Å². The van der Waals surface area contributed by atoms with Gasteiger partial charge in [0.15, 0.2) is 21.4 Å². The molecule has 21 heavy (non-hydrogen) atoms. The van der Waals surface area contributed by atoms with E-state index in [1.54, 1.807) is 0 Å². The molecule has 2 rings (SSSR count). The predicted octanol–water partition coefficient (Wildman–Crippen LogP) is 2.04. The van der Waals surface area contributed by atoms with Crippen molar-refractivity contribution < 1.29 is 17.5 Å². The third-order valence-corrected chi connectivity index (χ3v) is 5.31. The van der Waals surface area contributed by atoms with Gasteiger partial charge >= 0.3 is 0 Å². The topological polar surface area (TPSA) is 81.4 Å². The molecule has 0 bridgehead atoms. The quantitative estimate of drug-likeness (QED) is 0.785. The highest BCUT2D eigenvalue weighted by atomic mass is 32.2. The fraction of sp³-hybridized carbons (Fsp3) is 0.571. The van der Waals surface area contributed by atoms with Gasteiger partial charge in [-0.25, -0.2) is 12.8 Å². The van der Waals surface area contributed by atoms with Crippen molar-refractivity contribution in [2.24, 2.45) is 5.92 Å². The Kier molecular flexibility index (Phi) is 4.92. The number of benzene rings is 1. The smallest absolute Gasteiger partial charge is 0.167 e. The first kappa shape index (κ1) is 15.9. The van der Waals surface area contributed by atoms with Crippen LogP contribution in [0.3, 0.4) is 0 Å². The first-order valence-corrected chi connectivity index (χ1v) is 8.89. The summed E-state index contributed by atoms with van der Waals surface area (Å²) in [6.45, 7) is 2.87. The molecule has 1 aliphatic heterocycles. The summed E-state index contributed by atoms with van der Waals surface area (Å²) in [5, 5.41) is 3.10. The lowest BCUT2D eigenvalue weighted by atomic mass is 10.1. The number of nitrogens with two attached hydrogens (primary N) is 1. The molecule has 1 heterocycles. The zero-order valence-electron chi connectivity index (χ0n) is 12.1. The Morgan fingerprint density at radius 1 is 1.48 bits per heavy atom. The maximum Gasteiger partial charge on any atom is 0.167 e. The molecule has 0 radical (unpaired) electrons. The fourth-order valence-corrected chi connectivity index (χ4v) is 4.19. The number of nitrogens with one attached hydrogen (secondary N) is 1. The Labute approximate surface area is 124 Å². The molecule has 1 fully saturated rings. The molecule has 1 aliphatic rings. The molecule has 0 saturated carbocycles. The SMILES string of the molecule is CCCOc1cc(NCC2CCS(=O)(=O)C2)c(N)cc1F. The van der Waals surface area contributed by atoms with Crippen molar-refractivity contribution in [3.8, 4) is 5.75 Å². The monoisotopic (exact) mass is 316 g/mol. The molecule has 3 N–H and O–H groups in total. The van der Waals surface area contributed by atoms with Gasteiger partial charge in [-0.3, -0.25) is 0 Å². The van der Waals surface area contributed by atoms with Gasteiger partial charge in [0, 0.05) is 18.7 Å². The van der Waals surface area contributed by atoms with E-state index in [0.29, 0.717) is 25.3 Å². The van der Waals surface area contributed by atoms with E-state index in [4.69, 9.17) is 10.5 Å². The standard InChI is InChI=1S/C14H21FN2O3S/c1-2-4-20-14-7-13(12(16)6-11(14)15)17-8-10-3-5-21(18,19)9-10/h6-7,10,17H,2-5,8-9,16H2,1H3. The summed E-state index contributed by atoms with van der Waals surface area (Å²) in [5.41, 5.74) is 6.65. The normalized spacial score (nSPS) is 20.4.